The largest absolute Gasteiger partial charge is 0.495 e. The molecule has 0 aliphatic heterocycles. The lowest BCUT2D eigenvalue weighted by molar-refractivity contribution is 0.400. The highest BCUT2D eigenvalue weighted by Gasteiger charge is 2.19. The van der Waals surface area contributed by atoms with Gasteiger partial charge in [-0.25, -0.2) is 0 Å². The molecule has 0 amide bonds. The van der Waals surface area contributed by atoms with Crippen LogP contribution < -0.4 is 10.1 Å². The molecular weight excluding hydrogens is 272 g/mol. The summed E-state index contributed by atoms with van der Waals surface area (Å²) in [6, 6.07) is 9.79. The van der Waals surface area contributed by atoms with E-state index in [0.29, 0.717) is 0 Å². The van der Waals surface area contributed by atoms with E-state index in [2.05, 4.69) is 23.3 Å². The fourth-order valence-electron chi connectivity index (χ4n) is 2.30. The second-order valence-corrected chi connectivity index (χ2v) is 5.08. The summed E-state index contributed by atoms with van der Waals surface area (Å²) in [5.74, 6) is 0.774. The van der Waals surface area contributed by atoms with Crippen LogP contribution in [0.15, 0.2) is 36.5 Å². The Morgan fingerprint density at radius 2 is 2.15 bits per heavy atom. The minimum absolute atomic E-state index is 0.0338. The van der Waals surface area contributed by atoms with Crippen molar-refractivity contribution >= 4 is 11.6 Å². The third kappa shape index (κ3) is 3.30. The number of halogens is 1. The van der Waals surface area contributed by atoms with Crippen molar-refractivity contribution in [2.75, 3.05) is 13.7 Å². The molecule has 1 heterocycles. The maximum Gasteiger partial charge on any atom is 0.142 e. The Hall–Kier alpha value is -1.58. The molecule has 1 N–H and O–H groups in total. The van der Waals surface area contributed by atoms with Crippen LogP contribution in [0.25, 0.3) is 0 Å². The summed E-state index contributed by atoms with van der Waals surface area (Å²) in [6.07, 6.45) is 1.78. The molecule has 0 bridgehead atoms. The Kier molecular flexibility index (Phi) is 4.99. The molecule has 1 unspecified atom stereocenters. The topological polar surface area (TPSA) is 34.2 Å². The standard InChI is InChI=1S/C16H19ClN2O/c1-4-18-15(12-8-11(2)9-13(17)10-12)16-14(20-3)6-5-7-19-16/h5-10,15,18H,4H2,1-3H3. The van der Waals surface area contributed by atoms with E-state index in [-0.39, 0.29) is 6.04 Å². The molecule has 4 heteroatoms. The van der Waals surface area contributed by atoms with Crippen LogP contribution >= 0.6 is 11.6 Å². The molecule has 1 atom stereocenters. The van der Waals surface area contributed by atoms with Gasteiger partial charge in [0.2, 0.25) is 0 Å². The number of ether oxygens (including phenoxy) is 1. The lowest BCUT2D eigenvalue weighted by Crippen LogP contribution is -2.23. The Bertz CT molecular complexity index is 566. The number of aromatic nitrogens is 1. The third-order valence-corrected chi connectivity index (χ3v) is 3.32. The van der Waals surface area contributed by atoms with Crippen LogP contribution in [0, 0.1) is 6.92 Å². The second kappa shape index (κ2) is 6.73. The Morgan fingerprint density at radius 3 is 2.80 bits per heavy atom. The van der Waals surface area contributed by atoms with Gasteiger partial charge in [-0.1, -0.05) is 24.6 Å². The molecule has 0 saturated heterocycles. The van der Waals surface area contributed by atoms with Gasteiger partial charge in [-0.05, 0) is 48.9 Å². The van der Waals surface area contributed by atoms with E-state index in [9.17, 15) is 0 Å². The SMILES string of the molecule is CCNC(c1cc(C)cc(Cl)c1)c1ncccc1OC. The average Bonchev–Trinajstić information content (AvgIpc) is 2.43. The van der Waals surface area contributed by atoms with E-state index in [1.807, 2.05) is 31.2 Å². The Balaban J connectivity index is 2.50. The first kappa shape index (κ1) is 14.8. The zero-order valence-corrected chi connectivity index (χ0v) is 12.7. The molecule has 2 aromatic rings. The molecule has 0 aliphatic carbocycles. The predicted octanol–water partition coefficient (Wildman–Crippen LogP) is 3.75. The van der Waals surface area contributed by atoms with Crippen molar-refractivity contribution in [1.82, 2.24) is 10.3 Å². The summed E-state index contributed by atoms with van der Waals surface area (Å²) >= 11 is 6.18. The predicted molar refractivity (Wildman–Crippen MR) is 82.5 cm³/mol. The number of nitrogens with zero attached hydrogens (tertiary/aromatic N) is 1. The van der Waals surface area contributed by atoms with Gasteiger partial charge in [0.15, 0.2) is 0 Å². The minimum atomic E-state index is -0.0338. The van der Waals surface area contributed by atoms with Crippen LogP contribution in [0.5, 0.6) is 5.75 Å². The van der Waals surface area contributed by atoms with Gasteiger partial charge in [-0.15, -0.1) is 0 Å². The minimum Gasteiger partial charge on any atom is -0.495 e. The van der Waals surface area contributed by atoms with Crippen LogP contribution in [0.2, 0.25) is 5.02 Å². The third-order valence-electron chi connectivity index (χ3n) is 3.10. The van der Waals surface area contributed by atoms with Crippen molar-refractivity contribution in [2.24, 2.45) is 0 Å². The van der Waals surface area contributed by atoms with Gasteiger partial charge < -0.3 is 10.1 Å². The monoisotopic (exact) mass is 290 g/mol. The molecule has 2 rings (SSSR count). The number of aryl methyl sites for hydroxylation is 1. The highest BCUT2D eigenvalue weighted by Crippen LogP contribution is 2.30. The van der Waals surface area contributed by atoms with Crippen LogP contribution in [0.1, 0.15) is 29.8 Å². The normalized spacial score (nSPS) is 12.2. The van der Waals surface area contributed by atoms with E-state index < -0.39 is 0 Å². The van der Waals surface area contributed by atoms with Crippen LogP contribution in [0.3, 0.4) is 0 Å². The summed E-state index contributed by atoms with van der Waals surface area (Å²) < 4.78 is 5.42. The molecule has 1 aromatic carbocycles. The molecule has 0 radical (unpaired) electrons. The molecule has 0 saturated carbocycles. The summed E-state index contributed by atoms with van der Waals surface area (Å²) in [4.78, 5) is 4.47. The van der Waals surface area contributed by atoms with Gasteiger partial charge in [-0.2, -0.15) is 0 Å². The van der Waals surface area contributed by atoms with E-state index >= 15 is 0 Å². The molecule has 106 valence electrons. The first-order chi connectivity index (χ1) is 9.65. The molecule has 20 heavy (non-hydrogen) atoms. The fraction of sp³-hybridized carbons (Fsp3) is 0.312. The van der Waals surface area contributed by atoms with Gasteiger partial charge in [0.1, 0.15) is 11.4 Å². The number of pyridine rings is 1. The number of rotatable bonds is 5. The quantitative estimate of drug-likeness (QED) is 0.910. The number of methoxy groups -OCH3 is 1. The van der Waals surface area contributed by atoms with E-state index in [4.69, 9.17) is 16.3 Å². The first-order valence-corrected chi connectivity index (χ1v) is 7.03. The van der Waals surface area contributed by atoms with Crippen LogP contribution in [-0.2, 0) is 0 Å². The van der Waals surface area contributed by atoms with Crippen molar-refractivity contribution in [2.45, 2.75) is 19.9 Å². The highest BCUT2D eigenvalue weighted by atomic mass is 35.5. The Morgan fingerprint density at radius 1 is 1.35 bits per heavy atom. The average molecular weight is 291 g/mol. The first-order valence-electron chi connectivity index (χ1n) is 6.65. The molecule has 3 nitrogen and oxygen atoms in total. The molecular formula is C16H19ClN2O. The lowest BCUT2D eigenvalue weighted by atomic mass is 10.0. The van der Waals surface area contributed by atoms with E-state index in [1.165, 1.54) is 0 Å². The van der Waals surface area contributed by atoms with Gasteiger partial charge in [0.25, 0.3) is 0 Å². The van der Waals surface area contributed by atoms with Crippen molar-refractivity contribution < 1.29 is 4.74 Å². The maximum atomic E-state index is 6.18. The smallest absolute Gasteiger partial charge is 0.142 e. The zero-order valence-electron chi connectivity index (χ0n) is 12.0. The number of hydrogen-bond acceptors (Lipinski definition) is 3. The van der Waals surface area contributed by atoms with Gasteiger partial charge in [0.05, 0.1) is 13.2 Å². The van der Waals surface area contributed by atoms with E-state index in [0.717, 1.165) is 34.1 Å². The van der Waals surface area contributed by atoms with Crippen molar-refractivity contribution in [3.63, 3.8) is 0 Å². The van der Waals surface area contributed by atoms with Crippen LogP contribution in [-0.4, -0.2) is 18.6 Å². The van der Waals surface area contributed by atoms with E-state index in [1.54, 1.807) is 13.3 Å². The zero-order chi connectivity index (χ0) is 14.5. The summed E-state index contributed by atoms with van der Waals surface area (Å²) in [6.45, 7) is 4.93. The molecule has 1 aromatic heterocycles. The number of benzene rings is 1. The lowest BCUT2D eigenvalue weighted by Gasteiger charge is -2.20. The molecule has 0 fully saturated rings. The van der Waals surface area contributed by atoms with Gasteiger partial charge >= 0.3 is 0 Å². The van der Waals surface area contributed by atoms with Gasteiger partial charge in [0, 0.05) is 11.2 Å². The van der Waals surface area contributed by atoms with Gasteiger partial charge in [-0.3, -0.25) is 4.98 Å². The second-order valence-electron chi connectivity index (χ2n) is 4.64. The number of hydrogen-bond donors (Lipinski definition) is 1. The fourth-order valence-corrected chi connectivity index (χ4v) is 2.60. The Labute approximate surface area is 124 Å². The molecule has 0 aliphatic rings. The van der Waals surface area contributed by atoms with Crippen molar-refractivity contribution in [3.8, 4) is 5.75 Å². The highest BCUT2D eigenvalue weighted by molar-refractivity contribution is 6.30. The summed E-state index contributed by atoms with van der Waals surface area (Å²) in [5.41, 5.74) is 3.10. The molecule has 0 spiro atoms. The van der Waals surface area contributed by atoms with Crippen molar-refractivity contribution in [3.05, 3.63) is 58.4 Å². The van der Waals surface area contributed by atoms with Crippen LogP contribution in [0.4, 0.5) is 0 Å². The summed E-state index contributed by atoms with van der Waals surface area (Å²) in [7, 11) is 1.66. The maximum absolute atomic E-state index is 6.18. The van der Waals surface area contributed by atoms with Crippen molar-refractivity contribution in [1.29, 1.82) is 0 Å². The number of nitrogens with one attached hydrogen (secondary N) is 1. The summed E-state index contributed by atoms with van der Waals surface area (Å²) in [5, 5.41) is 4.18.